The fraction of sp³-hybridized carbons (Fsp3) is 0.138. The fourth-order valence-electron chi connectivity index (χ4n) is 4.72. The molecule has 0 aliphatic heterocycles. The highest BCUT2D eigenvalue weighted by atomic mass is 32.2. The van der Waals surface area contributed by atoms with Gasteiger partial charge in [-0.15, -0.1) is 0 Å². The van der Waals surface area contributed by atoms with Gasteiger partial charge in [-0.3, -0.25) is 19.9 Å². The smallest absolute Gasteiger partial charge is 0.224 e. The molecule has 0 spiro atoms. The number of fused-ring (bicyclic) bond motifs is 2. The van der Waals surface area contributed by atoms with E-state index in [2.05, 4.69) is 40.2 Å². The molecule has 0 unspecified atom stereocenters. The van der Waals surface area contributed by atoms with Crippen molar-refractivity contribution in [3.8, 4) is 33.6 Å². The first-order valence-electron chi connectivity index (χ1n) is 13.0. The van der Waals surface area contributed by atoms with Gasteiger partial charge in [0.2, 0.25) is 15.9 Å². The number of carbonyl (C=O) groups excluding carboxylic acids is 1. The number of hydrogen-bond acceptors (Lipinski definition) is 7. The summed E-state index contributed by atoms with van der Waals surface area (Å²) in [5.74, 6) is -0.594. The lowest BCUT2D eigenvalue weighted by molar-refractivity contribution is -0.115. The first-order valence-corrected chi connectivity index (χ1v) is 14.9. The van der Waals surface area contributed by atoms with Crippen molar-refractivity contribution in [2.45, 2.75) is 19.9 Å². The Morgan fingerprint density at radius 3 is 2.55 bits per heavy atom. The van der Waals surface area contributed by atoms with Gasteiger partial charge in [0.15, 0.2) is 5.65 Å². The van der Waals surface area contributed by atoms with Crippen LogP contribution in [0.15, 0.2) is 67.4 Å². The molecule has 0 fully saturated rings. The number of nitrogens with one attached hydrogen (secondary N) is 4. The first kappa shape index (κ1) is 27.2. The maximum absolute atomic E-state index is 14.6. The van der Waals surface area contributed by atoms with Crippen molar-refractivity contribution < 1.29 is 17.6 Å². The van der Waals surface area contributed by atoms with Crippen LogP contribution in [-0.4, -0.2) is 50.7 Å². The third-order valence-corrected chi connectivity index (χ3v) is 7.38. The van der Waals surface area contributed by atoms with Crippen LogP contribution >= 0.6 is 0 Å². The average molecular weight is 585 g/mol. The summed E-state index contributed by atoms with van der Waals surface area (Å²) in [6.45, 7) is 1.74. The van der Waals surface area contributed by atoms with Crippen molar-refractivity contribution in [1.82, 2.24) is 34.9 Å². The predicted octanol–water partition coefficient (Wildman–Crippen LogP) is 4.77. The Morgan fingerprint density at radius 2 is 1.74 bits per heavy atom. The summed E-state index contributed by atoms with van der Waals surface area (Å²) in [4.78, 5) is 28.3. The zero-order chi connectivity index (χ0) is 29.4. The van der Waals surface area contributed by atoms with E-state index in [1.807, 2.05) is 18.2 Å². The largest absolute Gasteiger partial charge is 0.352 e. The van der Waals surface area contributed by atoms with Crippen molar-refractivity contribution in [2.24, 2.45) is 0 Å². The third kappa shape index (κ3) is 5.60. The van der Waals surface area contributed by atoms with Gasteiger partial charge in [0.25, 0.3) is 0 Å². The van der Waals surface area contributed by atoms with E-state index in [1.165, 1.54) is 12.1 Å². The highest BCUT2D eigenvalue weighted by Crippen LogP contribution is 2.35. The van der Waals surface area contributed by atoms with Crippen molar-refractivity contribution in [3.63, 3.8) is 0 Å². The van der Waals surface area contributed by atoms with Crippen LogP contribution in [0.1, 0.15) is 18.9 Å². The fourth-order valence-corrected chi connectivity index (χ4v) is 5.15. The van der Waals surface area contributed by atoms with E-state index >= 15 is 0 Å². The molecule has 5 aromatic heterocycles. The second kappa shape index (κ2) is 10.8. The number of sulfonamides is 1. The number of H-pyrrole nitrogens is 2. The van der Waals surface area contributed by atoms with Crippen molar-refractivity contribution in [1.29, 1.82) is 0 Å². The number of carbonyl (C=O) groups is 1. The van der Waals surface area contributed by atoms with Crippen LogP contribution in [0.5, 0.6) is 0 Å². The summed E-state index contributed by atoms with van der Waals surface area (Å²) in [5.41, 5.74) is 6.53. The molecule has 4 N–H and O–H groups in total. The standard InChI is InChI=1S/C29H25FN8O3S/c1-3-27(39)35-21-7-18(11-31-13-21)19-8-23-28(37-38-29(23)33-12-19)25-9-22-24(14-32-15-26(22)36-25)17-4-16(5-20(30)6-17)10-34-42(2,40)41/h4-9,11-15,34,36H,3,10H2,1-2H3,(H,35,39)(H,33,37,38). The number of anilines is 1. The molecule has 5 heterocycles. The summed E-state index contributed by atoms with van der Waals surface area (Å²) in [6.07, 6.45) is 9.72. The minimum atomic E-state index is -3.44. The zero-order valence-electron chi connectivity index (χ0n) is 22.6. The van der Waals surface area contributed by atoms with Crippen LogP contribution in [0.2, 0.25) is 0 Å². The number of rotatable bonds is 8. The molecule has 42 heavy (non-hydrogen) atoms. The lowest BCUT2D eigenvalue weighted by atomic mass is 10.0. The van der Waals surface area contributed by atoms with E-state index in [0.717, 1.165) is 39.4 Å². The number of aromatic amines is 2. The van der Waals surface area contributed by atoms with Crippen LogP contribution in [-0.2, 0) is 21.4 Å². The third-order valence-electron chi connectivity index (χ3n) is 6.71. The topological polar surface area (TPSA) is 158 Å². The summed E-state index contributed by atoms with van der Waals surface area (Å²) in [5, 5.41) is 11.8. The molecule has 0 saturated heterocycles. The molecule has 0 saturated carbocycles. The number of benzene rings is 1. The molecule has 11 nitrogen and oxygen atoms in total. The van der Waals surface area contributed by atoms with Crippen LogP contribution in [0.3, 0.4) is 0 Å². The van der Waals surface area contributed by atoms with Gasteiger partial charge >= 0.3 is 0 Å². The van der Waals surface area contributed by atoms with Gasteiger partial charge in [0, 0.05) is 59.0 Å². The monoisotopic (exact) mass is 584 g/mol. The summed E-state index contributed by atoms with van der Waals surface area (Å²) in [7, 11) is -3.44. The number of pyridine rings is 3. The van der Waals surface area contributed by atoms with E-state index in [9.17, 15) is 17.6 Å². The van der Waals surface area contributed by atoms with Crippen molar-refractivity contribution >= 4 is 43.6 Å². The van der Waals surface area contributed by atoms with Gasteiger partial charge in [0.05, 0.1) is 41.2 Å². The van der Waals surface area contributed by atoms with E-state index in [0.29, 0.717) is 40.1 Å². The first-order chi connectivity index (χ1) is 20.2. The predicted molar refractivity (Wildman–Crippen MR) is 158 cm³/mol. The molecule has 0 bridgehead atoms. The highest BCUT2D eigenvalue weighted by Gasteiger charge is 2.16. The molecule has 212 valence electrons. The van der Waals surface area contributed by atoms with E-state index < -0.39 is 15.8 Å². The number of hydrogen-bond donors (Lipinski definition) is 4. The Morgan fingerprint density at radius 1 is 0.929 bits per heavy atom. The molecule has 0 atom stereocenters. The Bertz CT molecular complexity index is 2090. The van der Waals surface area contributed by atoms with Gasteiger partial charge < -0.3 is 10.3 Å². The van der Waals surface area contributed by atoms with Gasteiger partial charge in [-0.1, -0.05) is 6.92 Å². The molecular formula is C29H25FN8O3S. The SMILES string of the molecule is CCC(=O)Nc1cncc(-c2cnc3n[nH]c(-c4cc5c(-c6cc(F)cc(CNS(C)(=O)=O)c6)cncc5[nH]4)c3c2)c1. The quantitative estimate of drug-likeness (QED) is 0.201. The second-order valence-corrected chi connectivity index (χ2v) is 11.7. The van der Waals surface area contributed by atoms with Crippen molar-refractivity contribution in [2.75, 3.05) is 11.6 Å². The number of amides is 1. The van der Waals surface area contributed by atoms with Crippen LogP contribution in [0.4, 0.5) is 10.1 Å². The summed E-state index contributed by atoms with van der Waals surface area (Å²) in [6, 6.07) is 10.1. The molecule has 0 aliphatic carbocycles. The minimum absolute atomic E-state index is 0.0374. The zero-order valence-corrected chi connectivity index (χ0v) is 23.4. The lowest BCUT2D eigenvalue weighted by Gasteiger charge is -2.08. The molecule has 6 rings (SSSR count). The summed E-state index contributed by atoms with van der Waals surface area (Å²) < 4.78 is 40.1. The molecule has 0 radical (unpaired) electrons. The molecule has 1 aromatic carbocycles. The molecule has 1 amide bonds. The van der Waals surface area contributed by atoms with E-state index in [-0.39, 0.29) is 12.5 Å². The van der Waals surface area contributed by atoms with Crippen molar-refractivity contribution in [3.05, 3.63) is 78.8 Å². The van der Waals surface area contributed by atoms with Gasteiger partial charge in [-0.2, -0.15) is 5.10 Å². The summed E-state index contributed by atoms with van der Waals surface area (Å²) >= 11 is 0. The molecular weight excluding hydrogens is 559 g/mol. The molecule has 13 heteroatoms. The Labute approximate surface area is 239 Å². The lowest BCUT2D eigenvalue weighted by Crippen LogP contribution is -2.21. The molecule has 0 aliphatic rings. The van der Waals surface area contributed by atoms with Gasteiger partial charge in [-0.25, -0.2) is 22.5 Å². The van der Waals surface area contributed by atoms with Crippen LogP contribution in [0, 0.1) is 5.82 Å². The minimum Gasteiger partial charge on any atom is -0.352 e. The maximum atomic E-state index is 14.6. The normalized spacial score (nSPS) is 11.8. The van der Waals surface area contributed by atoms with Crippen LogP contribution in [0.25, 0.3) is 55.6 Å². The Balaban J connectivity index is 1.39. The maximum Gasteiger partial charge on any atom is 0.224 e. The van der Waals surface area contributed by atoms with Gasteiger partial charge in [0.1, 0.15) is 5.82 Å². The number of aromatic nitrogens is 6. The average Bonchev–Trinajstić information content (AvgIpc) is 3.59. The Kier molecular flexibility index (Phi) is 6.96. The van der Waals surface area contributed by atoms with Crippen LogP contribution < -0.4 is 10.0 Å². The number of halogens is 1. The second-order valence-electron chi connectivity index (χ2n) is 9.83. The molecule has 6 aromatic rings. The highest BCUT2D eigenvalue weighted by molar-refractivity contribution is 7.88. The van der Waals surface area contributed by atoms with E-state index in [1.54, 1.807) is 44.0 Å². The van der Waals surface area contributed by atoms with E-state index in [4.69, 9.17) is 0 Å². The van der Waals surface area contributed by atoms with Gasteiger partial charge in [-0.05, 0) is 47.5 Å². The Hall–Kier alpha value is -5.01. The number of nitrogens with zero attached hydrogens (tertiary/aromatic N) is 4.